The summed E-state index contributed by atoms with van der Waals surface area (Å²) in [7, 11) is 0. The normalized spacial score (nSPS) is 19.6. The smallest absolute Gasteiger partial charge is 0.123 e. The molecular weight excluding hydrogens is 324 g/mol. The number of ether oxygens (including phenoxy) is 1. The van der Waals surface area contributed by atoms with E-state index in [1.807, 2.05) is 0 Å². The quantitative estimate of drug-likeness (QED) is 0.683. The van der Waals surface area contributed by atoms with Gasteiger partial charge in [0, 0.05) is 17.2 Å². The molecule has 0 aromatic heterocycles. The Bertz CT molecular complexity index is 565. The highest BCUT2D eigenvalue weighted by Crippen LogP contribution is 2.39. The van der Waals surface area contributed by atoms with E-state index >= 15 is 0 Å². The maximum atomic E-state index is 6.17. The topological polar surface area (TPSA) is 9.23 Å². The molecule has 1 heterocycles. The summed E-state index contributed by atoms with van der Waals surface area (Å²) in [5.41, 5.74) is 2.90. The van der Waals surface area contributed by atoms with Crippen molar-refractivity contribution in [2.75, 3.05) is 5.33 Å². The monoisotopic (exact) mass is 344 g/mol. The minimum atomic E-state index is 0.147. The third-order valence-corrected chi connectivity index (χ3v) is 5.72. The predicted octanol–water partition coefficient (Wildman–Crippen LogP) is 5.12. The second-order valence-corrected chi connectivity index (χ2v) is 6.45. The van der Waals surface area contributed by atoms with Crippen molar-refractivity contribution >= 4 is 15.9 Å². The van der Waals surface area contributed by atoms with Gasteiger partial charge in [-0.15, -0.1) is 0 Å². The summed E-state index contributed by atoms with van der Waals surface area (Å²) in [5, 5.41) is 0.969. The van der Waals surface area contributed by atoms with E-state index in [1.54, 1.807) is 0 Å². The van der Waals surface area contributed by atoms with Crippen molar-refractivity contribution < 1.29 is 4.74 Å². The number of halogens is 1. The lowest BCUT2D eigenvalue weighted by Gasteiger charge is -2.33. The first kappa shape index (κ1) is 14.6. The number of hydrogen-bond donors (Lipinski definition) is 0. The van der Waals surface area contributed by atoms with Crippen LogP contribution >= 0.6 is 15.9 Å². The van der Waals surface area contributed by atoms with Crippen LogP contribution in [0.15, 0.2) is 54.6 Å². The SMILES string of the molecule is CCC(CBr)(CC1Cc2ccccc2O1)c1ccccc1. The third kappa shape index (κ3) is 2.87. The molecule has 2 atom stereocenters. The Morgan fingerprint density at radius 1 is 1.10 bits per heavy atom. The van der Waals surface area contributed by atoms with Crippen LogP contribution < -0.4 is 4.74 Å². The average Bonchev–Trinajstić information content (AvgIpc) is 2.96. The molecule has 0 amide bonds. The van der Waals surface area contributed by atoms with E-state index in [0.717, 1.165) is 30.3 Å². The molecule has 0 bridgehead atoms. The molecule has 1 nitrogen and oxygen atoms in total. The molecule has 21 heavy (non-hydrogen) atoms. The van der Waals surface area contributed by atoms with E-state index in [0.29, 0.717) is 0 Å². The van der Waals surface area contributed by atoms with E-state index < -0.39 is 0 Å². The van der Waals surface area contributed by atoms with Crippen LogP contribution in [-0.2, 0) is 11.8 Å². The van der Waals surface area contributed by atoms with Gasteiger partial charge in [0.15, 0.2) is 0 Å². The second-order valence-electron chi connectivity index (χ2n) is 5.89. The first-order valence-corrected chi connectivity index (χ1v) is 8.75. The van der Waals surface area contributed by atoms with Gasteiger partial charge in [0.05, 0.1) is 0 Å². The van der Waals surface area contributed by atoms with Gasteiger partial charge >= 0.3 is 0 Å². The van der Waals surface area contributed by atoms with Gasteiger partial charge in [-0.1, -0.05) is 71.4 Å². The van der Waals surface area contributed by atoms with E-state index in [4.69, 9.17) is 4.74 Å². The highest BCUT2D eigenvalue weighted by molar-refractivity contribution is 9.09. The molecule has 0 aliphatic carbocycles. The van der Waals surface area contributed by atoms with Gasteiger partial charge in [-0.05, 0) is 30.0 Å². The van der Waals surface area contributed by atoms with E-state index in [2.05, 4.69) is 77.5 Å². The van der Waals surface area contributed by atoms with E-state index in [9.17, 15) is 0 Å². The Kier molecular flexibility index (Phi) is 4.34. The molecule has 2 unspecified atom stereocenters. The van der Waals surface area contributed by atoms with Crippen molar-refractivity contribution in [2.45, 2.75) is 37.7 Å². The van der Waals surface area contributed by atoms with Crippen molar-refractivity contribution in [3.8, 4) is 5.75 Å². The summed E-state index contributed by atoms with van der Waals surface area (Å²) in [5.74, 6) is 1.06. The largest absolute Gasteiger partial charge is 0.490 e. The molecule has 2 heteroatoms. The number of alkyl halides is 1. The van der Waals surface area contributed by atoms with Crippen LogP contribution in [0.25, 0.3) is 0 Å². The molecule has 0 spiro atoms. The molecular formula is C19H21BrO. The highest BCUT2D eigenvalue weighted by atomic mass is 79.9. The first-order chi connectivity index (χ1) is 10.3. The van der Waals surface area contributed by atoms with Gasteiger partial charge in [-0.25, -0.2) is 0 Å². The fourth-order valence-electron chi connectivity index (χ4n) is 3.29. The van der Waals surface area contributed by atoms with Crippen LogP contribution in [-0.4, -0.2) is 11.4 Å². The zero-order chi connectivity index (χ0) is 14.7. The van der Waals surface area contributed by atoms with Crippen LogP contribution in [0.5, 0.6) is 5.75 Å². The second kappa shape index (κ2) is 6.23. The lowest BCUT2D eigenvalue weighted by molar-refractivity contribution is 0.183. The van der Waals surface area contributed by atoms with Crippen LogP contribution in [0.4, 0.5) is 0 Å². The standard InChI is InChI=1S/C19H21BrO/c1-2-19(14-20,16-9-4-3-5-10-16)13-17-12-15-8-6-7-11-18(15)21-17/h3-11,17H,2,12-14H2,1H3. The lowest BCUT2D eigenvalue weighted by Crippen LogP contribution is -2.34. The molecule has 0 fully saturated rings. The maximum absolute atomic E-state index is 6.17. The van der Waals surface area contributed by atoms with Crippen molar-refractivity contribution in [2.24, 2.45) is 0 Å². The molecule has 1 aliphatic rings. The van der Waals surface area contributed by atoms with Crippen molar-refractivity contribution in [1.29, 1.82) is 0 Å². The van der Waals surface area contributed by atoms with Crippen LogP contribution in [0.1, 0.15) is 30.9 Å². The molecule has 0 saturated carbocycles. The van der Waals surface area contributed by atoms with Gasteiger partial charge < -0.3 is 4.74 Å². The molecule has 110 valence electrons. The number of fused-ring (bicyclic) bond motifs is 1. The Balaban J connectivity index is 1.82. The molecule has 0 saturated heterocycles. The average molecular weight is 345 g/mol. The zero-order valence-corrected chi connectivity index (χ0v) is 14.0. The number of hydrogen-bond acceptors (Lipinski definition) is 1. The summed E-state index contributed by atoms with van der Waals surface area (Å²) < 4.78 is 6.17. The molecule has 2 aromatic rings. The van der Waals surface area contributed by atoms with Crippen molar-refractivity contribution in [1.82, 2.24) is 0 Å². The number of rotatable bonds is 5. The minimum Gasteiger partial charge on any atom is -0.490 e. The fourth-order valence-corrected chi connectivity index (χ4v) is 4.24. The fraction of sp³-hybridized carbons (Fsp3) is 0.368. The van der Waals surface area contributed by atoms with Crippen molar-refractivity contribution in [3.63, 3.8) is 0 Å². The zero-order valence-electron chi connectivity index (χ0n) is 12.4. The molecule has 0 radical (unpaired) electrons. The number of benzene rings is 2. The van der Waals surface area contributed by atoms with Gasteiger partial charge in [-0.2, -0.15) is 0 Å². The highest BCUT2D eigenvalue weighted by Gasteiger charge is 2.35. The van der Waals surface area contributed by atoms with Crippen LogP contribution in [0.3, 0.4) is 0 Å². The van der Waals surface area contributed by atoms with E-state index in [1.165, 1.54) is 11.1 Å². The molecule has 0 N–H and O–H groups in total. The Labute approximate surface area is 135 Å². The predicted molar refractivity (Wildman–Crippen MR) is 91.4 cm³/mol. The Morgan fingerprint density at radius 2 is 1.81 bits per heavy atom. The lowest BCUT2D eigenvalue weighted by atomic mass is 9.75. The summed E-state index contributed by atoms with van der Waals surface area (Å²) in [6.07, 6.45) is 3.46. The molecule has 1 aliphatic heterocycles. The van der Waals surface area contributed by atoms with Gasteiger partial charge in [0.2, 0.25) is 0 Å². The Hall–Kier alpha value is -1.28. The maximum Gasteiger partial charge on any atom is 0.123 e. The van der Waals surface area contributed by atoms with E-state index in [-0.39, 0.29) is 11.5 Å². The summed E-state index contributed by atoms with van der Waals surface area (Å²) >= 11 is 3.76. The molecule has 2 aromatic carbocycles. The third-order valence-electron chi connectivity index (χ3n) is 4.65. The summed E-state index contributed by atoms with van der Waals surface area (Å²) in [6, 6.07) is 19.2. The van der Waals surface area contributed by atoms with Crippen LogP contribution in [0.2, 0.25) is 0 Å². The Morgan fingerprint density at radius 3 is 2.48 bits per heavy atom. The number of para-hydroxylation sites is 1. The van der Waals surface area contributed by atoms with Gasteiger partial charge in [-0.3, -0.25) is 0 Å². The van der Waals surface area contributed by atoms with Crippen LogP contribution in [0, 0.1) is 0 Å². The van der Waals surface area contributed by atoms with Gasteiger partial charge in [0.1, 0.15) is 11.9 Å². The first-order valence-electron chi connectivity index (χ1n) is 7.63. The summed E-state index contributed by atoms with van der Waals surface area (Å²) in [4.78, 5) is 0. The van der Waals surface area contributed by atoms with Gasteiger partial charge in [0.25, 0.3) is 0 Å². The van der Waals surface area contributed by atoms with Crippen molar-refractivity contribution in [3.05, 3.63) is 65.7 Å². The molecule has 3 rings (SSSR count). The minimum absolute atomic E-state index is 0.147. The summed E-state index contributed by atoms with van der Waals surface area (Å²) in [6.45, 7) is 2.27.